The Morgan fingerprint density at radius 3 is 2.67 bits per heavy atom. The molecule has 3 nitrogen and oxygen atoms in total. The number of carbonyl (C=O) groups excluding carboxylic acids is 1. The van der Waals surface area contributed by atoms with Crippen molar-refractivity contribution in [3.05, 3.63) is 57.8 Å². The van der Waals surface area contributed by atoms with Gasteiger partial charge in [-0.3, -0.25) is 9.78 Å². The van der Waals surface area contributed by atoms with Crippen molar-refractivity contribution in [1.29, 1.82) is 0 Å². The molecule has 0 bridgehead atoms. The summed E-state index contributed by atoms with van der Waals surface area (Å²) in [4.78, 5) is 16.2. The number of benzene rings is 1. The molecule has 0 unspecified atom stereocenters. The molecule has 1 N–H and O–H groups in total. The van der Waals surface area contributed by atoms with Gasteiger partial charge >= 0.3 is 0 Å². The first-order valence-corrected chi connectivity index (χ1v) is 6.36. The lowest BCUT2D eigenvalue weighted by Crippen LogP contribution is -2.12. The molecule has 1 amide bonds. The molecule has 92 valence electrons. The molecule has 0 aliphatic heterocycles. The lowest BCUT2D eigenvalue weighted by atomic mass is 10.1. The van der Waals surface area contributed by atoms with Gasteiger partial charge in [0.2, 0.25) is 0 Å². The Hall–Kier alpha value is -1.68. The molecule has 1 heterocycles. The summed E-state index contributed by atoms with van der Waals surface area (Å²) in [6.07, 6.45) is 1.68. The van der Waals surface area contributed by atoms with E-state index in [1.165, 1.54) is 0 Å². The largest absolute Gasteiger partial charge is 0.322 e. The minimum absolute atomic E-state index is 0.132. The van der Waals surface area contributed by atoms with Crippen LogP contribution in [0.2, 0.25) is 0 Å². The maximum Gasteiger partial charge on any atom is 0.256 e. The average molecular weight is 305 g/mol. The van der Waals surface area contributed by atoms with Crippen molar-refractivity contribution in [2.24, 2.45) is 0 Å². The molecule has 1 aromatic heterocycles. The molecule has 2 aromatic rings. The van der Waals surface area contributed by atoms with Gasteiger partial charge in [-0.15, -0.1) is 0 Å². The summed E-state index contributed by atoms with van der Waals surface area (Å²) in [6, 6.07) is 9.25. The summed E-state index contributed by atoms with van der Waals surface area (Å²) in [5, 5.41) is 2.85. The normalized spacial score (nSPS) is 10.2. The van der Waals surface area contributed by atoms with Gasteiger partial charge in [0.25, 0.3) is 5.91 Å². The number of amides is 1. The standard InChI is InChI=1S/C14H13BrN2O/c1-9-3-4-12(13(15)7-9)14(18)17-11-5-6-16-10(2)8-11/h3-8H,1-2H3,(H,16,17,18). The number of nitrogens with zero attached hydrogens (tertiary/aromatic N) is 1. The van der Waals surface area contributed by atoms with Gasteiger partial charge < -0.3 is 5.32 Å². The Kier molecular flexibility index (Phi) is 3.77. The summed E-state index contributed by atoms with van der Waals surface area (Å²) in [5.41, 5.74) is 3.35. The van der Waals surface area contributed by atoms with Crippen LogP contribution in [0.5, 0.6) is 0 Å². The molecule has 0 radical (unpaired) electrons. The molecule has 0 saturated carbocycles. The number of carbonyl (C=O) groups is 1. The average Bonchev–Trinajstić information content (AvgIpc) is 2.28. The molecular formula is C14H13BrN2O. The fourth-order valence-corrected chi connectivity index (χ4v) is 2.30. The Morgan fingerprint density at radius 1 is 1.22 bits per heavy atom. The molecule has 0 atom stereocenters. The second-order valence-electron chi connectivity index (χ2n) is 4.12. The SMILES string of the molecule is Cc1ccc(C(=O)Nc2ccnc(C)c2)c(Br)c1. The molecule has 0 saturated heterocycles. The van der Waals surface area contributed by atoms with Crippen LogP contribution in [-0.2, 0) is 0 Å². The van der Waals surface area contributed by atoms with Crippen LogP contribution in [0.25, 0.3) is 0 Å². The number of anilines is 1. The van der Waals surface area contributed by atoms with E-state index < -0.39 is 0 Å². The van der Waals surface area contributed by atoms with Crippen LogP contribution < -0.4 is 5.32 Å². The van der Waals surface area contributed by atoms with Gasteiger partial charge in [0.15, 0.2) is 0 Å². The Bertz CT molecular complexity index is 596. The van der Waals surface area contributed by atoms with Crippen LogP contribution >= 0.6 is 15.9 Å². The van der Waals surface area contributed by atoms with Gasteiger partial charge in [-0.1, -0.05) is 6.07 Å². The zero-order valence-electron chi connectivity index (χ0n) is 10.2. The molecule has 0 fully saturated rings. The zero-order chi connectivity index (χ0) is 13.1. The number of rotatable bonds is 2. The molecule has 2 rings (SSSR count). The molecule has 4 heteroatoms. The molecule has 0 spiro atoms. The predicted molar refractivity (Wildman–Crippen MR) is 75.8 cm³/mol. The number of pyridine rings is 1. The highest BCUT2D eigenvalue weighted by Gasteiger charge is 2.10. The van der Waals surface area contributed by atoms with E-state index in [0.717, 1.165) is 21.4 Å². The van der Waals surface area contributed by atoms with Gasteiger partial charge in [0.05, 0.1) is 5.56 Å². The molecular weight excluding hydrogens is 292 g/mol. The van der Waals surface area contributed by atoms with Gasteiger partial charge in [-0.05, 0) is 59.6 Å². The van der Waals surface area contributed by atoms with E-state index in [-0.39, 0.29) is 5.91 Å². The molecule has 0 aliphatic carbocycles. The first-order chi connectivity index (χ1) is 8.56. The first kappa shape index (κ1) is 12.8. The number of hydrogen-bond donors (Lipinski definition) is 1. The fraction of sp³-hybridized carbons (Fsp3) is 0.143. The van der Waals surface area contributed by atoms with E-state index in [2.05, 4.69) is 26.2 Å². The summed E-state index contributed by atoms with van der Waals surface area (Å²) in [6.45, 7) is 3.87. The highest BCUT2D eigenvalue weighted by atomic mass is 79.9. The van der Waals surface area contributed by atoms with Crippen molar-refractivity contribution < 1.29 is 4.79 Å². The molecule has 0 aliphatic rings. The van der Waals surface area contributed by atoms with Gasteiger partial charge in [-0.25, -0.2) is 0 Å². The van der Waals surface area contributed by atoms with Crippen molar-refractivity contribution in [2.75, 3.05) is 5.32 Å². The van der Waals surface area contributed by atoms with E-state index in [9.17, 15) is 4.79 Å². The summed E-state index contributed by atoms with van der Waals surface area (Å²) >= 11 is 3.40. The summed E-state index contributed by atoms with van der Waals surface area (Å²) in [7, 11) is 0. The maximum atomic E-state index is 12.1. The summed E-state index contributed by atoms with van der Waals surface area (Å²) < 4.78 is 0.797. The lowest BCUT2D eigenvalue weighted by molar-refractivity contribution is 0.102. The van der Waals surface area contributed by atoms with Crippen molar-refractivity contribution in [1.82, 2.24) is 4.98 Å². The first-order valence-electron chi connectivity index (χ1n) is 5.56. The third kappa shape index (κ3) is 2.96. The Balaban J connectivity index is 2.22. The maximum absolute atomic E-state index is 12.1. The van der Waals surface area contributed by atoms with E-state index in [0.29, 0.717) is 5.56 Å². The van der Waals surface area contributed by atoms with Gasteiger partial charge in [0.1, 0.15) is 0 Å². The monoisotopic (exact) mass is 304 g/mol. The van der Waals surface area contributed by atoms with Gasteiger partial charge in [0, 0.05) is 22.1 Å². The van der Waals surface area contributed by atoms with Crippen LogP contribution in [0.4, 0.5) is 5.69 Å². The lowest BCUT2D eigenvalue weighted by Gasteiger charge is -2.07. The van der Waals surface area contributed by atoms with Gasteiger partial charge in [-0.2, -0.15) is 0 Å². The van der Waals surface area contributed by atoms with Crippen LogP contribution in [0.1, 0.15) is 21.6 Å². The van der Waals surface area contributed by atoms with Crippen LogP contribution in [0.3, 0.4) is 0 Å². The van der Waals surface area contributed by atoms with Crippen LogP contribution in [-0.4, -0.2) is 10.9 Å². The topological polar surface area (TPSA) is 42.0 Å². The fourth-order valence-electron chi connectivity index (χ4n) is 1.63. The van der Waals surface area contributed by atoms with E-state index in [1.54, 1.807) is 12.3 Å². The van der Waals surface area contributed by atoms with Crippen LogP contribution in [0.15, 0.2) is 41.0 Å². The van der Waals surface area contributed by atoms with Crippen molar-refractivity contribution in [3.63, 3.8) is 0 Å². The van der Waals surface area contributed by atoms with Crippen molar-refractivity contribution in [2.45, 2.75) is 13.8 Å². The number of nitrogens with one attached hydrogen (secondary N) is 1. The Labute approximate surface area is 114 Å². The number of halogens is 1. The third-order valence-corrected chi connectivity index (χ3v) is 3.18. The van der Waals surface area contributed by atoms with Crippen molar-refractivity contribution >= 4 is 27.5 Å². The second kappa shape index (κ2) is 5.31. The van der Waals surface area contributed by atoms with Crippen LogP contribution in [0, 0.1) is 13.8 Å². The quantitative estimate of drug-likeness (QED) is 0.919. The minimum Gasteiger partial charge on any atom is -0.322 e. The van der Waals surface area contributed by atoms with E-state index >= 15 is 0 Å². The number of aryl methyl sites for hydroxylation is 2. The number of hydrogen-bond acceptors (Lipinski definition) is 2. The van der Waals surface area contributed by atoms with Crippen molar-refractivity contribution in [3.8, 4) is 0 Å². The highest BCUT2D eigenvalue weighted by Crippen LogP contribution is 2.19. The van der Waals surface area contributed by atoms with E-state index in [4.69, 9.17) is 0 Å². The highest BCUT2D eigenvalue weighted by molar-refractivity contribution is 9.10. The second-order valence-corrected chi connectivity index (χ2v) is 4.98. The minimum atomic E-state index is -0.132. The van der Waals surface area contributed by atoms with E-state index in [1.807, 2.05) is 38.1 Å². The molecule has 1 aromatic carbocycles. The molecule has 18 heavy (non-hydrogen) atoms. The predicted octanol–water partition coefficient (Wildman–Crippen LogP) is 3.71. The Morgan fingerprint density at radius 2 is 2.00 bits per heavy atom. The zero-order valence-corrected chi connectivity index (χ0v) is 11.8. The summed E-state index contributed by atoms with van der Waals surface area (Å²) in [5.74, 6) is -0.132. The smallest absolute Gasteiger partial charge is 0.256 e. The third-order valence-electron chi connectivity index (χ3n) is 2.52. The number of aromatic nitrogens is 1.